The van der Waals surface area contributed by atoms with Crippen molar-refractivity contribution in [2.75, 3.05) is 6.54 Å². The molecule has 0 radical (unpaired) electrons. The maximum atomic E-state index is 13.4. The number of nitrogens with zero attached hydrogens (tertiary/aromatic N) is 2. The van der Waals surface area contributed by atoms with Crippen molar-refractivity contribution in [3.63, 3.8) is 0 Å². The van der Waals surface area contributed by atoms with E-state index in [-0.39, 0.29) is 11.4 Å². The first-order chi connectivity index (χ1) is 7.70. The fourth-order valence-electron chi connectivity index (χ4n) is 1.26. The maximum absolute atomic E-state index is 13.4. The van der Waals surface area contributed by atoms with Gasteiger partial charge in [0, 0.05) is 18.0 Å². The number of hydrogen-bond donors (Lipinski definition) is 1. The molecule has 0 atom stereocenters. The highest BCUT2D eigenvalue weighted by Gasteiger charge is 2.12. The number of benzene rings is 1. The molecule has 0 saturated heterocycles. The minimum absolute atomic E-state index is 0.184. The minimum atomic E-state index is -0.440. The summed E-state index contributed by atoms with van der Waals surface area (Å²) in [5, 5.41) is 4.08. The van der Waals surface area contributed by atoms with Gasteiger partial charge < -0.3 is 10.3 Å². The van der Waals surface area contributed by atoms with Gasteiger partial charge in [-0.3, -0.25) is 0 Å². The van der Waals surface area contributed by atoms with Crippen LogP contribution >= 0.6 is 11.6 Å². The van der Waals surface area contributed by atoms with Crippen molar-refractivity contribution in [2.45, 2.75) is 6.42 Å². The average Bonchev–Trinajstić information content (AvgIpc) is 2.71. The van der Waals surface area contributed by atoms with Crippen LogP contribution in [0.1, 0.15) is 5.89 Å². The van der Waals surface area contributed by atoms with Crippen LogP contribution in [-0.4, -0.2) is 16.7 Å². The molecule has 84 valence electrons. The minimum Gasteiger partial charge on any atom is -0.339 e. The van der Waals surface area contributed by atoms with E-state index in [1.165, 1.54) is 18.2 Å². The second-order valence-corrected chi connectivity index (χ2v) is 3.61. The van der Waals surface area contributed by atoms with Crippen LogP contribution in [0, 0.1) is 5.82 Å². The normalized spacial score (nSPS) is 10.7. The predicted molar refractivity (Wildman–Crippen MR) is 57.5 cm³/mol. The van der Waals surface area contributed by atoms with E-state index in [4.69, 9.17) is 21.9 Å². The van der Waals surface area contributed by atoms with E-state index >= 15 is 0 Å². The Kier molecular flexibility index (Phi) is 3.17. The van der Waals surface area contributed by atoms with E-state index in [1.54, 1.807) is 0 Å². The van der Waals surface area contributed by atoms with Crippen molar-refractivity contribution in [2.24, 2.45) is 5.73 Å². The van der Waals surface area contributed by atoms with E-state index in [1.807, 2.05) is 0 Å². The summed E-state index contributed by atoms with van der Waals surface area (Å²) in [6.07, 6.45) is 0.467. The summed E-state index contributed by atoms with van der Waals surface area (Å²) >= 11 is 5.76. The lowest BCUT2D eigenvalue weighted by atomic mass is 10.2. The largest absolute Gasteiger partial charge is 0.339 e. The molecule has 2 aromatic rings. The molecular weight excluding hydrogens is 233 g/mol. The SMILES string of the molecule is NCCc1nc(-c2cc(Cl)ccc2F)no1. The summed E-state index contributed by atoms with van der Waals surface area (Å²) < 4.78 is 18.3. The van der Waals surface area contributed by atoms with Gasteiger partial charge in [0.25, 0.3) is 0 Å². The second-order valence-electron chi connectivity index (χ2n) is 3.17. The number of halogens is 2. The van der Waals surface area contributed by atoms with E-state index in [0.29, 0.717) is 23.9 Å². The zero-order chi connectivity index (χ0) is 11.5. The van der Waals surface area contributed by atoms with Crippen molar-refractivity contribution in [1.29, 1.82) is 0 Å². The molecule has 4 nitrogen and oxygen atoms in total. The number of nitrogens with two attached hydrogens (primary N) is 1. The smallest absolute Gasteiger partial charge is 0.228 e. The first-order valence-corrected chi connectivity index (χ1v) is 5.06. The molecule has 16 heavy (non-hydrogen) atoms. The molecule has 1 aromatic heterocycles. The van der Waals surface area contributed by atoms with Crippen LogP contribution in [0.4, 0.5) is 4.39 Å². The fraction of sp³-hybridized carbons (Fsp3) is 0.200. The number of hydrogen-bond acceptors (Lipinski definition) is 4. The second kappa shape index (κ2) is 4.59. The summed E-state index contributed by atoms with van der Waals surface area (Å²) in [4.78, 5) is 4.02. The lowest BCUT2D eigenvalue weighted by molar-refractivity contribution is 0.380. The third-order valence-corrected chi connectivity index (χ3v) is 2.23. The Morgan fingerprint density at radius 2 is 2.25 bits per heavy atom. The van der Waals surface area contributed by atoms with Gasteiger partial charge in [-0.2, -0.15) is 4.98 Å². The molecule has 0 aliphatic rings. The van der Waals surface area contributed by atoms with Gasteiger partial charge in [0.1, 0.15) is 5.82 Å². The van der Waals surface area contributed by atoms with Crippen molar-refractivity contribution in [3.8, 4) is 11.4 Å². The molecule has 0 spiro atoms. The molecule has 6 heteroatoms. The Hall–Kier alpha value is -1.46. The summed E-state index contributed by atoms with van der Waals surface area (Å²) in [7, 11) is 0. The highest BCUT2D eigenvalue weighted by Crippen LogP contribution is 2.23. The van der Waals surface area contributed by atoms with Crippen LogP contribution in [0.25, 0.3) is 11.4 Å². The fourth-order valence-corrected chi connectivity index (χ4v) is 1.43. The zero-order valence-electron chi connectivity index (χ0n) is 8.28. The van der Waals surface area contributed by atoms with Gasteiger partial charge in [0.15, 0.2) is 0 Å². The van der Waals surface area contributed by atoms with E-state index in [9.17, 15) is 4.39 Å². The molecule has 0 fully saturated rings. The molecule has 2 rings (SSSR count). The van der Waals surface area contributed by atoms with Crippen LogP contribution in [-0.2, 0) is 6.42 Å². The number of rotatable bonds is 3. The quantitative estimate of drug-likeness (QED) is 0.893. The standard InChI is InChI=1S/C10H9ClFN3O/c11-6-1-2-8(12)7(5-6)10-14-9(3-4-13)16-15-10/h1-2,5H,3-4,13H2. The highest BCUT2D eigenvalue weighted by molar-refractivity contribution is 6.30. The molecule has 0 bridgehead atoms. The van der Waals surface area contributed by atoms with Crippen LogP contribution in [0.15, 0.2) is 22.7 Å². The van der Waals surface area contributed by atoms with Gasteiger partial charge in [0.05, 0.1) is 5.56 Å². The van der Waals surface area contributed by atoms with Gasteiger partial charge in [-0.1, -0.05) is 16.8 Å². The third-order valence-electron chi connectivity index (χ3n) is 2.00. The summed E-state index contributed by atoms with van der Waals surface area (Å²) in [5.74, 6) is 0.129. The first-order valence-electron chi connectivity index (χ1n) is 4.69. The first kappa shape index (κ1) is 11.0. The van der Waals surface area contributed by atoms with E-state index < -0.39 is 5.82 Å². The molecule has 0 aliphatic carbocycles. The predicted octanol–water partition coefficient (Wildman–Crippen LogP) is 2.03. The molecule has 0 aliphatic heterocycles. The number of aromatic nitrogens is 2. The van der Waals surface area contributed by atoms with Crippen molar-refractivity contribution < 1.29 is 8.91 Å². The average molecular weight is 242 g/mol. The lowest BCUT2D eigenvalue weighted by Gasteiger charge is -1.97. The van der Waals surface area contributed by atoms with Crippen LogP contribution in [0.2, 0.25) is 5.02 Å². The molecule has 1 heterocycles. The molecule has 1 aromatic carbocycles. The highest BCUT2D eigenvalue weighted by atomic mass is 35.5. The van der Waals surface area contributed by atoms with Crippen LogP contribution in [0.3, 0.4) is 0 Å². The topological polar surface area (TPSA) is 64.9 Å². The molecule has 0 saturated carbocycles. The van der Waals surface area contributed by atoms with Gasteiger partial charge in [-0.25, -0.2) is 4.39 Å². The van der Waals surface area contributed by atoms with E-state index in [2.05, 4.69) is 10.1 Å². The Bertz CT molecular complexity index is 501. The van der Waals surface area contributed by atoms with Crippen LogP contribution < -0.4 is 5.73 Å². The van der Waals surface area contributed by atoms with E-state index in [0.717, 1.165) is 0 Å². The molecular formula is C10H9ClFN3O. The Labute approximate surface area is 96.2 Å². The Balaban J connectivity index is 2.38. The van der Waals surface area contributed by atoms with Crippen molar-refractivity contribution in [1.82, 2.24) is 10.1 Å². The summed E-state index contributed by atoms with van der Waals surface area (Å²) in [5.41, 5.74) is 5.56. The van der Waals surface area contributed by atoms with Gasteiger partial charge in [0.2, 0.25) is 11.7 Å². The van der Waals surface area contributed by atoms with Crippen molar-refractivity contribution in [3.05, 3.63) is 34.9 Å². The third kappa shape index (κ3) is 2.20. The molecule has 0 amide bonds. The van der Waals surface area contributed by atoms with Gasteiger partial charge in [-0.05, 0) is 18.2 Å². The maximum Gasteiger partial charge on any atom is 0.228 e. The van der Waals surface area contributed by atoms with Gasteiger partial charge in [-0.15, -0.1) is 0 Å². The van der Waals surface area contributed by atoms with Gasteiger partial charge >= 0.3 is 0 Å². The molecule has 0 unspecified atom stereocenters. The Morgan fingerprint density at radius 1 is 1.44 bits per heavy atom. The zero-order valence-corrected chi connectivity index (χ0v) is 9.04. The monoisotopic (exact) mass is 241 g/mol. The van der Waals surface area contributed by atoms with Crippen molar-refractivity contribution >= 4 is 11.6 Å². The molecule has 2 N–H and O–H groups in total. The summed E-state index contributed by atoms with van der Waals surface area (Å²) in [6, 6.07) is 4.17. The lowest BCUT2D eigenvalue weighted by Crippen LogP contribution is -2.02. The van der Waals surface area contributed by atoms with Crippen LogP contribution in [0.5, 0.6) is 0 Å². The Morgan fingerprint density at radius 3 is 3.00 bits per heavy atom. The summed E-state index contributed by atoms with van der Waals surface area (Å²) in [6.45, 7) is 0.402.